The molecule has 28 rings (SSSR count). The summed E-state index contributed by atoms with van der Waals surface area (Å²) in [5.74, 6) is 1.82. The minimum Gasteiger partial charge on any atom is -0.504 e. The molecular formula is C114H142N6O24. The lowest BCUT2D eigenvalue weighted by molar-refractivity contribution is -0.147. The lowest BCUT2D eigenvalue weighted by Gasteiger charge is -2.60. The van der Waals surface area contributed by atoms with Gasteiger partial charge in [0.2, 0.25) is 0 Å². The highest BCUT2D eigenvalue weighted by Gasteiger charge is 2.68. The first-order valence-corrected chi connectivity index (χ1v) is 54.0. The van der Waals surface area contributed by atoms with E-state index in [1.807, 2.05) is 30.3 Å². The molecule has 10 saturated carbocycles. The van der Waals surface area contributed by atoms with Crippen molar-refractivity contribution in [2.45, 2.75) is 324 Å². The summed E-state index contributed by atoms with van der Waals surface area (Å²) in [6.45, 7) is 9.49. The van der Waals surface area contributed by atoms with E-state index in [9.17, 15) is 121 Å². The number of fused-ring (bicyclic) bond motifs is 6. The first kappa shape index (κ1) is 97.8. The smallest absolute Gasteiger partial charge is 0.162 e. The van der Waals surface area contributed by atoms with Gasteiger partial charge in [0.15, 0.2) is 104 Å². The molecule has 0 radical (unpaired) electrons. The zero-order valence-corrected chi connectivity index (χ0v) is 82.0. The Morgan fingerprint density at radius 3 is 0.868 bits per heavy atom. The Kier molecular flexibility index (Phi) is 25.0. The molecule has 22 aliphatic rings. The fourth-order valence-corrected chi connectivity index (χ4v) is 33.9. The number of phenols is 12. The molecule has 24 atom stereocenters. The molecule has 30 heteroatoms. The van der Waals surface area contributed by atoms with Crippen LogP contribution >= 0.6 is 0 Å². The summed E-state index contributed by atoms with van der Waals surface area (Å²) in [5.41, 5.74) is 6.64. The van der Waals surface area contributed by atoms with Crippen molar-refractivity contribution in [3.63, 3.8) is 0 Å². The second-order valence-corrected chi connectivity index (χ2v) is 48.0. The maximum absolute atomic E-state index is 12.5. The number of aliphatic hydroxyl groups is 6. The van der Waals surface area contributed by atoms with Crippen LogP contribution < -0.4 is 10.6 Å². The summed E-state index contributed by atoms with van der Waals surface area (Å²) in [6.07, 6.45) is 22.0. The number of nitrogens with one attached hydrogen (secondary N) is 2. The van der Waals surface area contributed by atoms with Crippen LogP contribution in [0.15, 0.2) is 72.8 Å². The molecule has 0 aromatic heterocycles. The number of Topliss-reactive ketones (excluding diaryl/α,β-unsaturated/α-hetero) is 6. The third-order valence-corrected chi connectivity index (χ3v) is 41.3. The number of hydrogen-bond donors (Lipinski definition) is 20. The summed E-state index contributed by atoms with van der Waals surface area (Å²) in [7, 11) is 0. The minimum absolute atomic E-state index is 0.0532. The van der Waals surface area contributed by atoms with E-state index in [0.29, 0.717) is 105 Å². The van der Waals surface area contributed by atoms with E-state index in [-0.39, 0.29) is 171 Å². The second-order valence-electron chi connectivity index (χ2n) is 48.0. The Hall–Kier alpha value is -9.54. The minimum atomic E-state index is -1.09. The molecule has 20 unspecified atom stereocenters. The fraction of sp³-hybridized carbons (Fsp3) is 0.632. The largest absolute Gasteiger partial charge is 0.504 e. The maximum Gasteiger partial charge on any atom is 0.162 e. The number of aromatic hydroxyl groups is 12. The van der Waals surface area contributed by atoms with E-state index in [1.54, 1.807) is 18.2 Å². The third-order valence-electron chi connectivity index (χ3n) is 41.3. The van der Waals surface area contributed by atoms with Crippen molar-refractivity contribution in [2.75, 3.05) is 65.4 Å². The first-order valence-electron chi connectivity index (χ1n) is 54.0. The summed E-state index contributed by atoms with van der Waals surface area (Å²) in [4.78, 5) is 84.3. The van der Waals surface area contributed by atoms with Crippen LogP contribution in [-0.2, 0) is 99.8 Å². The zero-order valence-electron chi connectivity index (χ0n) is 82.0. The van der Waals surface area contributed by atoms with Gasteiger partial charge in [-0.2, -0.15) is 0 Å². The van der Waals surface area contributed by atoms with Crippen LogP contribution in [-0.4, -0.2) is 285 Å². The highest BCUT2D eigenvalue weighted by Crippen LogP contribution is 2.67. The molecule has 0 amide bonds. The average molecular weight is 1980 g/mol. The number of likely N-dealkylation sites (tertiary alicyclic amines) is 4. The normalized spacial score (nSPS) is 37.4. The van der Waals surface area contributed by atoms with Crippen molar-refractivity contribution in [1.29, 1.82) is 0 Å². The monoisotopic (exact) mass is 1980 g/mol. The number of piperidine rings is 6. The molecule has 144 heavy (non-hydrogen) atoms. The van der Waals surface area contributed by atoms with E-state index in [4.69, 9.17) is 0 Å². The Balaban J connectivity index is 0.0000000959. The van der Waals surface area contributed by atoms with Gasteiger partial charge in [0, 0.05) is 167 Å². The zero-order chi connectivity index (χ0) is 100. The molecule has 6 heterocycles. The van der Waals surface area contributed by atoms with Gasteiger partial charge >= 0.3 is 0 Å². The topological polar surface area (TPSA) is 504 Å². The average Bonchev–Trinajstić information content (AvgIpc) is 0.954. The molecule has 772 valence electrons. The van der Waals surface area contributed by atoms with Crippen LogP contribution in [0.3, 0.4) is 0 Å². The Bertz CT molecular complexity index is 6090. The van der Waals surface area contributed by atoms with E-state index in [0.717, 1.165) is 210 Å². The highest BCUT2D eigenvalue weighted by molar-refractivity contribution is 5.91. The van der Waals surface area contributed by atoms with Gasteiger partial charge in [0.05, 0.1) is 0 Å². The fourth-order valence-electron chi connectivity index (χ4n) is 33.9. The number of carbonyl (C=O) groups excluding carboxylic acids is 6. The Morgan fingerprint density at radius 1 is 0.271 bits per heavy atom. The van der Waals surface area contributed by atoms with E-state index < -0.39 is 69.1 Å². The molecule has 16 aliphatic carbocycles. The van der Waals surface area contributed by atoms with Crippen molar-refractivity contribution in [2.24, 2.45) is 59.2 Å². The summed E-state index contributed by atoms with van der Waals surface area (Å²) < 4.78 is 0. The lowest BCUT2D eigenvalue weighted by atomic mass is 9.50. The van der Waals surface area contributed by atoms with Gasteiger partial charge < -0.3 is 103 Å². The predicted octanol–water partition coefficient (Wildman–Crippen LogP) is 8.83. The molecule has 6 aromatic rings. The van der Waals surface area contributed by atoms with Crippen LogP contribution in [0.25, 0.3) is 0 Å². The number of carbonyl (C=O) groups is 6. The third kappa shape index (κ3) is 15.5. The number of rotatable bonds is 8. The molecule has 6 saturated heterocycles. The number of phenolic OH excluding ortho intramolecular Hbond substituents is 12. The summed E-state index contributed by atoms with van der Waals surface area (Å²) in [5, 5.41) is 194. The van der Waals surface area contributed by atoms with Gasteiger partial charge in [0.25, 0.3) is 0 Å². The first-order chi connectivity index (χ1) is 69.1. The van der Waals surface area contributed by atoms with Gasteiger partial charge in [-0.25, -0.2) is 0 Å². The molecule has 20 N–H and O–H groups in total. The van der Waals surface area contributed by atoms with E-state index >= 15 is 0 Å². The van der Waals surface area contributed by atoms with Gasteiger partial charge in [-0.05, 0) is 335 Å². The quantitative estimate of drug-likeness (QED) is 0.0632. The number of nitrogens with zero attached hydrogens (tertiary/aromatic N) is 4. The molecule has 6 aliphatic heterocycles. The van der Waals surface area contributed by atoms with E-state index in [2.05, 4.69) is 30.2 Å². The van der Waals surface area contributed by atoms with Crippen LogP contribution in [0.4, 0.5) is 0 Å². The summed E-state index contributed by atoms with van der Waals surface area (Å²) in [6, 6.07) is 22.1. The number of benzene rings is 6. The summed E-state index contributed by atoms with van der Waals surface area (Å²) >= 11 is 0. The molecule has 6 aromatic carbocycles. The van der Waals surface area contributed by atoms with Gasteiger partial charge in [0.1, 0.15) is 36.6 Å². The number of aliphatic hydroxyl groups excluding tert-OH is 6. The Labute approximate surface area is 837 Å². The standard InChI is InChI=1S/2C21H27NO4.2C20H25NO4.2C16H19NO4/c23-16-6-4-13-10-15-14-5-7-17(24)20(26)21(14,18(13)19(16)25)8-9-22(15)11-12-2-1-3-12;23-16-5-4-13-8-15-14-9-17(24)18(25)10-21(14,19(13)20(16)26)6-7-22(15)11-12-2-1-3-12;22-15-5-3-12-9-14-13-4-6-16(23)19(25)20(13,17(12)18(15)24)7-8-21(14)10-11-1-2-11;22-15-4-3-12-7-14-13-8-16(23)17(24)9-20(13,18(12)19(15)25)5-6-21(14)10-11-1-2-11;18-11-3-1-8-7-10-9-2-4-12(19)15(21)16(9,5-6-17-10)13(8)14(11)20;18-11-2-1-8-5-10-9-6-12(19)13(20)7-16(9,3-4-17-10)14(8)15(11)21/h4,6,12,14-15,20,23,25-26H,1-3,5,7-11H2;4-5,12,14-15,17,23-24,26H,1-3,6-11H2;3,5,11,13-14,19,22,24-25H,1-2,4,6-10H2;3-4,11,13-14,16,22-23,25H,1-2,5-10H2;1,3,9-10,15,17-18,20-21H,2,4-7H2;1-2,9-10,12,17-19,21H,3-7H2/t14?,15?,20?,21-;14?,15?,17?,21-;13?,14?,19?,20-;13?,14?,16?,20-;;/m1111../s1. The predicted molar refractivity (Wildman–Crippen MR) is 526 cm³/mol. The van der Waals surface area contributed by atoms with Crippen molar-refractivity contribution in [3.05, 3.63) is 140 Å². The van der Waals surface area contributed by atoms with Crippen molar-refractivity contribution < 1.29 is 121 Å². The van der Waals surface area contributed by atoms with E-state index in [1.165, 1.54) is 88.5 Å². The maximum atomic E-state index is 12.5. The molecule has 16 fully saturated rings. The van der Waals surface area contributed by atoms with Crippen LogP contribution in [0.5, 0.6) is 69.0 Å². The van der Waals surface area contributed by atoms with Crippen molar-refractivity contribution in [3.8, 4) is 69.0 Å². The van der Waals surface area contributed by atoms with Crippen LogP contribution in [0, 0.1) is 59.2 Å². The molecule has 12 bridgehead atoms. The lowest BCUT2D eigenvalue weighted by Crippen LogP contribution is -2.67. The van der Waals surface area contributed by atoms with Crippen molar-refractivity contribution >= 4 is 34.7 Å². The SMILES string of the molecule is O=C1CC23CCNC(Cc4ccc(O)c(O)c42)C3CC1O.O=C1CCC2C3Cc4ccc(O)c(O)c4C2(CCN3)C1O.O=C1CCC2C3Cc4ccc(O)c(O)c4[C@]2(CCN3CC2CC2)C1O.O=C1CCC2C3Cc4ccc(O)c(O)c4[C@]2(CCN3CC2CCC2)C1O.O=C1C[C@@]23CCN(CC4CC4)C(Cc4ccc(O)c(O)c42)C3CC1O.O=C1C[C@@]23CCN(CC4CCC4)C(Cc4ccc(O)c(O)c42)C3CC1O. The highest BCUT2D eigenvalue weighted by atomic mass is 16.3. The Morgan fingerprint density at radius 2 is 0.535 bits per heavy atom. The van der Waals surface area contributed by atoms with Crippen LogP contribution in [0.2, 0.25) is 0 Å². The van der Waals surface area contributed by atoms with Crippen molar-refractivity contribution in [1.82, 2.24) is 30.2 Å². The molecule has 0 spiro atoms. The van der Waals surface area contributed by atoms with Gasteiger partial charge in [-0.1, -0.05) is 49.2 Å². The molecule has 30 nitrogen and oxygen atoms in total. The van der Waals surface area contributed by atoms with Gasteiger partial charge in [-0.15, -0.1) is 0 Å². The molecular weight excluding hydrogens is 1840 g/mol. The second kappa shape index (κ2) is 36.7. The van der Waals surface area contributed by atoms with Gasteiger partial charge in [-0.3, -0.25) is 48.4 Å². The number of ketones is 6. The van der Waals surface area contributed by atoms with Crippen LogP contribution in [0.1, 0.15) is 247 Å². The number of hydrogen-bond acceptors (Lipinski definition) is 30.